The van der Waals surface area contributed by atoms with Gasteiger partial charge in [-0.3, -0.25) is 4.79 Å². The average molecular weight is 377 g/mol. The monoisotopic (exact) mass is 377 g/mol. The number of carbonyl (C=O) groups is 2. The molecule has 1 fully saturated rings. The van der Waals surface area contributed by atoms with E-state index in [1.807, 2.05) is 0 Å². The predicted octanol–water partition coefficient (Wildman–Crippen LogP) is 3.03. The zero-order valence-electron chi connectivity index (χ0n) is 14.2. The molecular weight excluding hydrogens is 364 g/mol. The minimum Gasteiger partial charge on any atom is -0.439 e. The van der Waals surface area contributed by atoms with Gasteiger partial charge >= 0.3 is 12.3 Å². The van der Waals surface area contributed by atoms with Crippen molar-refractivity contribution in [3.8, 4) is 23.1 Å². The normalized spacial score (nSPS) is 19.2. The number of carbonyl (C=O) groups excluding carboxylic acids is 2. The van der Waals surface area contributed by atoms with Crippen LogP contribution in [0.4, 0.5) is 19.3 Å². The Morgan fingerprint density at radius 2 is 1.85 bits per heavy atom. The maximum atomic E-state index is 13.1. The standard InChI is InChI=1S/C17H13F2N3O5/c1-16(2)14(23)22(15(24)21-16)9-5-6-20-13(7-9)25-10-3-4-11-12(8-10)27-17(18,19)26-11/h3-8H,1-2H3,(H,21,24). The second-order valence-electron chi connectivity index (χ2n) is 6.43. The first-order chi connectivity index (χ1) is 12.6. The zero-order chi connectivity index (χ0) is 19.4. The van der Waals surface area contributed by atoms with Gasteiger partial charge in [-0.05, 0) is 32.0 Å². The topological polar surface area (TPSA) is 90.0 Å². The average Bonchev–Trinajstić information content (AvgIpc) is 2.98. The Bertz CT molecular complexity index is 963. The van der Waals surface area contributed by atoms with Crippen LogP contribution in [0.2, 0.25) is 0 Å². The SMILES string of the molecule is CC1(C)NC(=O)N(c2ccnc(Oc3ccc4c(c3)OC(F)(F)O4)c2)C1=O. The summed E-state index contributed by atoms with van der Waals surface area (Å²) in [5.74, 6) is -0.490. The van der Waals surface area contributed by atoms with E-state index in [2.05, 4.69) is 19.8 Å². The highest BCUT2D eigenvalue weighted by Gasteiger charge is 2.45. The van der Waals surface area contributed by atoms with Crippen molar-refractivity contribution in [2.45, 2.75) is 25.7 Å². The molecule has 0 unspecified atom stereocenters. The van der Waals surface area contributed by atoms with E-state index in [1.165, 1.54) is 36.5 Å². The number of amides is 3. The third-order valence-corrected chi connectivity index (χ3v) is 3.93. The Balaban J connectivity index is 1.58. The molecule has 1 saturated heterocycles. The molecule has 4 rings (SSSR count). The number of benzene rings is 1. The lowest BCUT2D eigenvalue weighted by Gasteiger charge is -2.16. The minimum absolute atomic E-state index is 0.0587. The van der Waals surface area contributed by atoms with Gasteiger partial charge in [-0.1, -0.05) is 0 Å². The van der Waals surface area contributed by atoms with Crippen LogP contribution < -0.4 is 24.4 Å². The molecule has 2 aromatic rings. The van der Waals surface area contributed by atoms with Crippen molar-refractivity contribution in [3.05, 3.63) is 36.5 Å². The molecule has 0 saturated carbocycles. The number of halogens is 2. The van der Waals surface area contributed by atoms with Gasteiger partial charge in [0.1, 0.15) is 11.3 Å². The highest BCUT2D eigenvalue weighted by Crippen LogP contribution is 2.43. The van der Waals surface area contributed by atoms with Crippen molar-refractivity contribution < 1.29 is 32.6 Å². The summed E-state index contributed by atoms with van der Waals surface area (Å²) in [7, 11) is 0. The fourth-order valence-electron chi connectivity index (χ4n) is 2.69. The predicted molar refractivity (Wildman–Crippen MR) is 87.1 cm³/mol. The van der Waals surface area contributed by atoms with Gasteiger partial charge in [0.2, 0.25) is 5.88 Å². The van der Waals surface area contributed by atoms with Crippen molar-refractivity contribution in [1.82, 2.24) is 10.3 Å². The lowest BCUT2D eigenvalue weighted by molar-refractivity contribution is -0.286. The van der Waals surface area contributed by atoms with Crippen molar-refractivity contribution in [3.63, 3.8) is 0 Å². The third-order valence-electron chi connectivity index (χ3n) is 3.93. The molecule has 10 heteroatoms. The fourth-order valence-corrected chi connectivity index (χ4v) is 2.69. The number of fused-ring (bicyclic) bond motifs is 1. The summed E-state index contributed by atoms with van der Waals surface area (Å²) in [6.07, 6.45) is -2.37. The van der Waals surface area contributed by atoms with Crippen LogP contribution >= 0.6 is 0 Å². The molecule has 2 aliphatic heterocycles. The second kappa shape index (κ2) is 5.53. The van der Waals surface area contributed by atoms with Gasteiger partial charge in [-0.15, -0.1) is 8.78 Å². The summed E-state index contributed by atoms with van der Waals surface area (Å²) in [5, 5.41) is 2.57. The fraction of sp³-hybridized carbons (Fsp3) is 0.235. The molecular formula is C17H13F2N3O5. The van der Waals surface area contributed by atoms with Gasteiger partial charge < -0.3 is 19.5 Å². The Labute approximate surface area is 151 Å². The van der Waals surface area contributed by atoms with Gasteiger partial charge in [0, 0.05) is 18.3 Å². The number of hydrogen-bond donors (Lipinski definition) is 1. The van der Waals surface area contributed by atoms with Crippen molar-refractivity contribution in [2.75, 3.05) is 4.90 Å². The Kier molecular flexibility index (Phi) is 3.48. The van der Waals surface area contributed by atoms with E-state index in [1.54, 1.807) is 13.8 Å². The van der Waals surface area contributed by atoms with E-state index in [0.29, 0.717) is 0 Å². The van der Waals surface area contributed by atoms with Crippen LogP contribution in [-0.2, 0) is 4.79 Å². The number of nitrogens with zero attached hydrogens (tertiary/aromatic N) is 2. The van der Waals surface area contributed by atoms with Gasteiger partial charge in [-0.25, -0.2) is 14.7 Å². The van der Waals surface area contributed by atoms with Crippen LogP contribution in [-0.4, -0.2) is 28.8 Å². The van der Waals surface area contributed by atoms with E-state index < -0.39 is 23.8 Å². The van der Waals surface area contributed by atoms with Gasteiger partial charge in [-0.2, -0.15) is 0 Å². The molecule has 27 heavy (non-hydrogen) atoms. The summed E-state index contributed by atoms with van der Waals surface area (Å²) < 4.78 is 40.4. The minimum atomic E-state index is -3.73. The summed E-state index contributed by atoms with van der Waals surface area (Å²) in [4.78, 5) is 29.5. The van der Waals surface area contributed by atoms with E-state index >= 15 is 0 Å². The first-order valence-corrected chi connectivity index (χ1v) is 7.85. The number of imide groups is 1. The van der Waals surface area contributed by atoms with Crippen LogP contribution in [0.5, 0.6) is 23.1 Å². The maximum absolute atomic E-state index is 13.1. The van der Waals surface area contributed by atoms with Gasteiger partial charge in [0.05, 0.1) is 5.69 Å². The first-order valence-electron chi connectivity index (χ1n) is 7.85. The molecule has 1 N–H and O–H groups in total. The van der Waals surface area contributed by atoms with Crippen molar-refractivity contribution >= 4 is 17.6 Å². The van der Waals surface area contributed by atoms with E-state index in [9.17, 15) is 18.4 Å². The van der Waals surface area contributed by atoms with Crippen molar-refractivity contribution in [1.29, 1.82) is 0 Å². The summed E-state index contributed by atoms with van der Waals surface area (Å²) >= 11 is 0. The number of ether oxygens (including phenoxy) is 3. The molecule has 0 bridgehead atoms. The lowest BCUT2D eigenvalue weighted by atomic mass is 10.1. The highest BCUT2D eigenvalue weighted by atomic mass is 19.3. The smallest absolute Gasteiger partial charge is 0.439 e. The van der Waals surface area contributed by atoms with Crippen molar-refractivity contribution in [2.24, 2.45) is 0 Å². The molecule has 0 radical (unpaired) electrons. The molecule has 2 aliphatic rings. The van der Waals surface area contributed by atoms with Gasteiger partial charge in [0.25, 0.3) is 5.91 Å². The first kappa shape index (κ1) is 17.0. The molecule has 3 heterocycles. The molecule has 140 valence electrons. The van der Waals surface area contributed by atoms with Crippen LogP contribution in [0.25, 0.3) is 0 Å². The van der Waals surface area contributed by atoms with E-state index in [0.717, 1.165) is 4.90 Å². The van der Waals surface area contributed by atoms with E-state index in [4.69, 9.17) is 4.74 Å². The third kappa shape index (κ3) is 2.98. The summed E-state index contributed by atoms with van der Waals surface area (Å²) in [6, 6.07) is 6.20. The maximum Gasteiger partial charge on any atom is 0.586 e. The van der Waals surface area contributed by atoms with Crippen LogP contribution in [0, 0.1) is 0 Å². The zero-order valence-corrected chi connectivity index (χ0v) is 14.2. The molecule has 8 nitrogen and oxygen atoms in total. The summed E-state index contributed by atoms with van der Waals surface area (Å²) in [5.41, 5.74) is -0.760. The summed E-state index contributed by atoms with van der Waals surface area (Å²) in [6.45, 7) is 3.18. The van der Waals surface area contributed by atoms with Gasteiger partial charge in [0.15, 0.2) is 11.5 Å². The van der Waals surface area contributed by atoms with E-state index in [-0.39, 0.29) is 28.8 Å². The molecule has 3 amide bonds. The number of anilines is 1. The highest BCUT2D eigenvalue weighted by molar-refractivity contribution is 6.23. The Hall–Kier alpha value is -3.43. The molecule has 0 atom stereocenters. The lowest BCUT2D eigenvalue weighted by Crippen LogP contribution is -2.40. The largest absolute Gasteiger partial charge is 0.586 e. The molecule has 1 aromatic heterocycles. The number of alkyl halides is 2. The molecule has 0 aliphatic carbocycles. The number of urea groups is 1. The number of hydrogen-bond acceptors (Lipinski definition) is 6. The second-order valence-corrected chi connectivity index (χ2v) is 6.43. The van der Waals surface area contributed by atoms with Crippen LogP contribution in [0.15, 0.2) is 36.5 Å². The quantitative estimate of drug-likeness (QED) is 0.827. The Morgan fingerprint density at radius 1 is 1.11 bits per heavy atom. The molecule has 1 aromatic carbocycles. The van der Waals surface area contributed by atoms with Crippen LogP contribution in [0.1, 0.15) is 13.8 Å². The number of aromatic nitrogens is 1. The number of rotatable bonds is 3. The number of nitrogens with one attached hydrogen (secondary N) is 1. The Morgan fingerprint density at radius 3 is 2.56 bits per heavy atom. The molecule has 0 spiro atoms. The van der Waals surface area contributed by atoms with Crippen LogP contribution in [0.3, 0.4) is 0 Å². The number of pyridine rings is 1.